The first kappa shape index (κ1) is 22.8. The van der Waals surface area contributed by atoms with E-state index in [0.29, 0.717) is 24.6 Å². The fourth-order valence-electron chi connectivity index (χ4n) is 4.01. The maximum atomic E-state index is 14.1. The summed E-state index contributed by atoms with van der Waals surface area (Å²) in [5.74, 6) is 0.374. The third-order valence-electron chi connectivity index (χ3n) is 5.70. The molecule has 5 rings (SSSR count). The van der Waals surface area contributed by atoms with E-state index in [-0.39, 0.29) is 18.0 Å². The Labute approximate surface area is 201 Å². The van der Waals surface area contributed by atoms with E-state index in [1.165, 1.54) is 23.0 Å². The highest BCUT2D eigenvalue weighted by molar-refractivity contribution is 5.68. The number of fused-ring (bicyclic) bond motifs is 1. The fraction of sp³-hybridized carbons (Fsp3) is 0.375. The zero-order chi connectivity index (χ0) is 24.6. The number of ether oxygens (including phenoxy) is 1. The Hall–Kier alpha value is -4.02. The number of imidazole rings is 1. The number of carbonyl (C=O) groups is 1. The molecule has 0 unspecified atom stereocenters. The molecule has 1 fully saturated rings. The van der Waals surface area contributed by atoms with Gasteiger partial charge in [-0.3, -0.25) is 0 Å². The number of nitrogens with zero attached hydrogens (tertiary/aromatic N) is 7. The second-order valence-corrected chi connectivity index (χ2v) is 9.50. The lowest BCUT2D eigenvalue weighted by molar-refractivity contribution is 0.0210. The van der Waals surface area contributed by atoms with Crippen LogP contribution in [0.25, 0.3) is 22.7 Å². The first-order chi connectivity index (χ1) is 16.8. The van der Waals surface area contributed by atoms with Crippen molar-refractivity contribution in [3.05, 3.63) is 54.9 Å². The van der Waals surface area contributed by atoms with Crippen LogP contribution in [0.3, 0.4) is 0 Å². The van der Waals surface area contributed by atoms with Crippen molar-refractivity contribution in [3.63, 3.8) is 0 Å². The van der Waals surface area contributed by atoms with Crippen LogP contribution in [0.5, 0.6) is 0 Å². The summed E-state index contributed by atoms with van der Waals surface area (Å²) in [6, 6.07) is 6.83. The van der Waals surface area contributed by atoms with Crippen molar-refractivity contribution in [1.29, 1.82) is 0 Å². The van der Waals surface area contributed by atoms with Gasteiger partial charge in [0.1, 0.15) is 11.4 Å². The fourth-order valence-corrected chi connectivity index (χ4v) is 4.01. The number of halogens is 1. The van der Waals surface area contributed by atoms with Gasteiger partial charge in [0.05, 0.1) is 18.1 Å². The number of nitrogens with one attached hydrogen (secondary N) is 1. The minimum atomic E-state index is -0.504. The highest BCUT2D eigenvalue weighted by atomic mass is 19.1. The van der Waals surface area contributed by atoms with Crippen molar-refractivity contribution in [2.75, 3.05) is 18.4 Å². The number of hydrogen-bond acceptors (Lipinski definition) is 7. The minimum absolute atomic E-state index is 0.126. The quantitative estimate of drug-likeness (QED) is 0.474. The van der Waals surface area contributed by atoms with Gasteiger partial charge < -0.3 is 15.0 Å². The first-order valence-corrected chi connectivity index (χ1v) is 11.5. The van der Waals surface area contributed by atoms with E-state index in [1.54, 1.807) is 28.0 Å². The lowest BCUT2D eigenvalue weighted by Gasteiger charge is -2.33. The third kappa shape index (κ3) is 4.93. The zero-order valence-electron chi connectivity index (χ0n) is 19.8. The standard InChI is InChI=1S/C24H27FN8O2/c1-24(2,3)35-23(34)31-11-8-17(9-12-31)29-20-6-7-21-27-14-19(33(21)30-20)16-13-28-32(15-16)22-18(25)5-4-10-26-22/h4-7,10,13-15,17H,8-9,11-12H2,1-3H3,(H,29,30). The Balaban J connectivity index is 1.29. The van der Waals surface area contributed by atoms with E-state index >= 15 is 0 Å². The van der Waals surface area contributed by atoms with Gasteiger partial charge >= 0.3 is 6.09 Å². The van der Waals surface area contributed by atoms with Crippen LogP contribution in [0, 0.1) is 5.82 Å². The molecule has 4 aromatic heterocycles. The van der Waals surface area contributed by atoms with E-state index in [9.17, 15) is 9.18 Å². The van der Waals surface area contributed by atoms with Gasteiger partial charge in [0.15, 0.2) is 17.3 Å². The summed E-state index contributed by atoms with van der Waals surface area (Å²) in [7, 11) is 0. The molecule has 10 nitrogen and oxygen atoms in total. The molecule has 182 valence electrons. The van der Waals surface area contributed by atoms with Gasteiger partial charge in [0.25, 0.3) is 0 Å². The van der Waals surface area contributed by atoms with Crippen LogP contribution < -0.4 is 5.32 Å². The molecule has 0 aromatic carbocycles. The van der Waals surface area contributed by atoms with E-state index < -0.39 is 11.4 Å². The molecule has 0 aliphatic carbocycles. The lowest BCUT2D eigenvalue weighted by Crippen LogP contribution is -2.44. The highest BCUT2D eigenvalue weighted by Gasteiger charge is 2.27. The van der Waals surface area contributed by atoms with Crippen LogP contribution in [0.15, 0.2) is 49.1 Å². The molecule has 1 aliphatic heterocycles. The Kier molecular flexibility index (Phi) is 5.83. The van der Waals surface area contributed by atoms with Gasteiger partial charge in [0, 0.05) is 37.1 Å². The average Bonchev–Trinajstić information content (AvgIpc) is 3.45. The topological polar surface area (TPSA) is 102 Å². The SMILES string of the molecule is CC(C)(C)OC(=O)N1CCC(Nc2ccc3ncc(-c4cnn(-c5ncccc5F)c4)n3n2)CC1. The van der Waals surface area contributed by atoms with E-state index in [1.807, 2.05) is 32.9 Å². The number of piperidine rings is 1. The minimum Gasteiger partial charge on any atom is -0.444 e. The maximum absolute atomic E-state index is 14.1. The Morgan fingerprint density at radius 3 is 2.69 bits per heavy atom. The molecule has 0 bridgehead atoms. The molecular weight excluding hydrogens is 451 g/mol. The summed E-state index contributed by atoms with van der Waals surface area (Å²) in [6.45, 7) is 6.84. The summed E-state index contributed by atoms with van der Waals surface area (Å²) in [6.07, 6.45) is 7.86. The van der Waals surface area contributed by atoms with E-state index in [0.717, 1.165) is 24.1 Å². The van der Waals surface area contributed by atoms with Crippen LogP contribution in [-0.2, 0) is 4.74 Å². The van der Waals surface area contributed by atoms with Crippen LogP contribution in [0.4, 0.5) is 15.0 Å². The molecule has 1 saturated heterocycles. The molecule has 1 N–H and O–H groups in total. The molecule has 4 aromatic rings. The normalized spacial score (nSPS) is 14.9. The van der Waals surface area contributed by atoms with Crippen molar-refractivity contribution in [1.82, 2.24) is 34.3 Å². The Morgan fingerprint density at radius 1 is 1.14 bits per heavy atom. The second kappa shape index (κ2) is 8.97. The van der Waals surface area contributed by atoms with Crippen molar-refractivity contribution >= 4 is 17.6 Å². The number of hydrogen-bond donors (Lipinski definition) is 1. The van der Waals surface area contributed by atoms with Gasteiger partial charge in [-0.2, -0.15) is 5.10 Å². The molecular formula is C24H27FN8O2. The van der Waals surface area contributed by atoms with Crippen LogP contribution in [-0.4, -0.2) is 65.1 Å². The number of likely N-dealkylation sites (tertiary alicyclic amines) is 1. The first-order valence-electron chi connectivity index (χ1n) is 11.5. The van der Waals surface area contributed by atoms with Crippen LogP contribution in [0.2, 0.25) is 0 Å². The summed E-state index contributed by atoms with van der Waals surface area (Å²) in [4.78, 5) is 22.5. The Bertz CT molecular complexity index is 1350. The monoisotopic (exact) mass is 478 g/mol. The summed E-state index contributed by atoms with van der Waals surface area (Å²) in [5, 5.41) is 12.4. The Morgan fingerprint density at radius 2 is 1.94 bits per heavy atom. The van der Waals surface area contributed by atoms with Gasteiger partial charge in [-0.25, -0.2) is 28.4 Å². The zero-order valence-corrected chi connectivity index (χ0v) is 19.8. The summed E-state index contributed by atoms with van der Waals surface area (Å²) in [5.41, 5.74) is 1.64. The predicted molar refractivity (Wildman–Crippen MR) is 128 cm³/mol. The predicted octanol–water partition coefficient (Wildman–Crippen LogP) is 3.93. The molecule has 35 heavy (non-hydrogen) atoms. The van der Waals surface area contributed by atoms with Gasteiger partial charge in [-0.15, -0.1) is 5.10 Å². The van der Waals surface area contributed by atoms with E-state index in [2.05, 4.69) is 20.4 Å². The van der Waals surface area contributed by atoms with Gasteiger partial charge in [-0.1, -0.05) is 0 Å². The number of aromatic nitrogens is 6. The van der Waals surface area contributed by atoms with Crippen LogP contribution >= 0.6 is 0 Å². The molecule has 0 radical (unpaired) electrons. The summed E-state index contributed by atoms with van der Waals surface area (Å²) < 4.78 is 22.7. The molecule has 11 heteroatoms. The van der Waals surface area contributed by atoms with Crippen molar-refractivity contribution < 1.29 is 13.9 Å². The number of amides is 1. The van der Waals surface area contributed by atoms with Crippen molar-refractivity contribution in [2.24, 2.45) is 0 Å². The molecule has 0 atom stereocenters. The highest BCUT2D eigenvalue weighted by Crippen LogP contribution is 2.23. The van der Waals surface area contributed by atoms with Crippen molar-refractivity contribution in [2.45, 2.75) is 45.3 Å². The van der Waals surface area contributed by atoms with Gasteiger partial charge in [0.2, 0.25) is 0 Å². The lowest BCUT2D eigenvalue weighted by atomic mass is 10.1. The second-order valence-electron chi connectivity index (χ2n) is 9.50. The molecule has 0 saturated carbocycles. The number of pyridine rings is 1. The molecule has 5 heterocycles. The van der Waals surface area contributed by atoms with Gasteiger partial charge in [-0.05, 0) is 57.9 Å². The third-order valence-corrected chi connectivity index (χ3v) is 5.70. The molecule has 0 spiro atoms. The number of anilines is 1. The molecule has 1 amide bonds. The van der Waals surface area contributed by atoms with Crippen molar-refractivity contribution in [3.8, 4) is 17.1 Å². The number of carbonyl (C=O) groups excluding carboxylic acids is 1. The smallest absolute Gasteiger partial charge is 0.410 e. The molecule has 1 aliphatic rings. The number of rotatable bonds is 4. The maximum Gasteiger partial charge on any atom is 0.410 e. The van der Waals surface area contributed by atoms with Crippen LogP contribution in [0.1, 0.15) is 33.6 Å². The average molecular weight is 479 g/mol. The largest absolute Gasteiger partial charge is 0.444 e. The summed E-state index contributed by atoms with van der Waals surface area (Å²) >= 11 is 0. The van der Waals surface area contributed by atoms with E-state index in [4.69, 9.17) is 9.84 Å².